The fourth-order valence-electron chi connectivity index (χ4n) is 4.84. The molecule has 4 fully saturated rings. The van der Waals surface area contributed by atoms with Crippen LogP contribution in [0.4, 0.5) is 0 Å². The van der Waals surface area contributed by atoms with Gasteiger partial charge in [0.15, 0.2) is 25.2 Å². The molecule has 17 atom stereocenters. The minimum atomic E-state index is -1.96. The standard InChI is InChI=1S/C22H36O19/c1-34-15-11(27)14(30)21(41-17(15)18(31)32)40-16-10(26)7(38-20-13(29)8(24)5(23)2-36-20)4-37-22(16)39-6-3-35-19(33)12(28)9(6)25/h5-17,19-30,33H,2-4H2,1H3,(H,31,32)/p-1/t5-,6-,7-,8+,9+,10+,11-,12-,13-,14-,15+,16-,17+,19-,20+,21+,22+/m1/s1. The van der Waals surface area contributed by atoms with Crippen molar-refractivity contribution in [1.82, 2.24) is 0 Å². The van der Waals surface area contributed by atoms with Crippen LogP contribution in [0.25, 0.3) is 0 Å². The van der Waals surface area contributed by atoms with Crippen molar-refractivity contribution in [2.75, 3.05) is 26.9 Å². The number of carbonyl (C=O) groups excluding carboxylic acids is 1. The molecule has 0 bridgehead atoms. The van der Waals surface area contributed by atoms with Gasteiger partial charge in [0.1, 0.15) is 79.4 Å². The van der Waals surface area contributed by atoms with Crippen molar-refractivity contribution in [3.63, 3.8) is 0 Å². The van der Waals surface area contributed by atoms with E-state index in [1.807, 2.05) is 0 Å². The highest BCUT2D eigenvalue weighted by atomic mass is 16.8. The second-order valence-corrected chi connectivity index (χ2v) is 10.0. The second-order valence-electron chi connectivity index (χ2n) is 10.0. The number of hydrogen-bond acceptors (Lipinski definition) is 19. The molecular formula is C22H35O19-. The first-order valence-corrected chi connectivity index (χ1v) is 12.7. The molecular weight excluding hydrogens is 568 g/mol. The summed E-state index contributed by atoms with van der Waals surface area (Å²) in [5, 5.41) is 103. The van der Waals surface area contributed by atoms with Crippen LogP contribution in [0.2, 0.25) is 0 Å². The van der Waals surface area contributed by atoms with Gasteiger partial charge in [0.05, 0.1) is 25.8 Å². The fourth-order valence-corrected chi connectivity index (χ4v) is 4.84. The van der Waals surface area contributed by atoms with Gasteiger partial charge in [-0.2, -0.15) is 0 Å². The second kappa shape index (κ2) is 13.6. The van der Waals surface area contributed by atoms with Crippen LogP contribution in [-0.4, -0.2) is 183 Å². The van der Waals surface area contributed by atoms with E-state index in [-0.39, 0.29) is 0 Å². The Morgan fingerprint density at radius 1 is 0.634 bits per heavy atom. The van der Waals surface area contributed by atoms with E-state index in [2.05, 4.69) is 0 Å². The highest BCUT2D eigenvalue weighted by Crippen LogP contribution is 2.32. The molecule has 0 aliphatic carbocycles. The molecule has 41 heavy (non-hydrogen) atoms. The number of hydrogen-bond donors (Lipinski definition) is 9. The van der Waals surface area contributed by atoms with E-state index in [1.54, 1.807) is 0 Å². The Morgan fingerprint density at radius 3 is 1.88 bits per heavy atom. The van der Waals surface area contributed by atoms with E-state index in [0.29, 0.717) is 0 Å². The maximum Gasteiger partial charge on any atom is 0.187 e. The molecule has 4 heterocycles. The molecule has 19 nitrogen and oxygen atoms in total. The van der Waals surface area contributed by atoms with Gasteiger partial charge in [-0.3, -0.25) is 0 Å². The molecule has 9 N–H and O–H groups in total. The Hall–Kier alpha value is -1.21. The Bertz CT molecular complexity index is 865. The van der Waals surface area contributed by atoms with Gasteiger partial charge >= 0.3 is 0 Å². The number of methoxy groups -OCH3 is 1. The molecule has 0 radical (unpaired) electrons. The Kier molecular flexibility index (Phi) is 10.9. The van der Waals surface area contributed by atoms with Crippen molar-refractivity contribution >= 4 is 5.97 Å². The summed E-state index contributed by atoms with van der Waals surface area (Å²) in [5.74, 6) is -1.81. The number of carboxylic acids is 1. The van der Waals surface area contributed by atoms with E-state index in [9.17, 15) is 55.9 Å². The van der Waals surface area contributed by atoms with E-state index in [4.69, 9.17) is 37.9 Å². The minimum Gasteiger partial charge on any atom is -0.547 e. The molecule has 4 aliphatic rings. The summed E-state index contributed by atoms with van der Waals surface area (Å²) in [6.45, 7) is -1.36. The first-order valence-electron chi connectivity index (χ1n) is 12.7. The molecule has 0 unspecified atom stereocenters. The molecule has 0 aromatic carbocycles. The summed E-state index contributed by atoms with van der Waals surface area (Å²) >= 11 is 0. The van der Waals surface area contributed by atoms with Crippen LogP contribution < -0.4 is 5.11 Å². The highest BCUT2D eigenvalue weighted by molar-refractivity contribution is 5.71. The topological polar surface area (TPSA) is 296 Å². The fraction of sp³-hybridized carbons (Fsp3) is 0.955. The highest BCUT2D eigenvalue weighted by Gasteiger charge is 2.52. The minimum absolute atomic E-state index is 0.419. The van der Waals surface area contributed by atoms with E-state index in [0.717, 1.165) is 7.11 Å². The van der Waals surface area contributed by atoms with Gasteiger partial charge in [0, 0.05) is 7.11 Å². The van der Waals surface area contributed by atoms with E-state index < -0.39 is 130 Å². The van der Waals surface area contributed by atoms with Gasteiger partial charge < -0.3 is 93.8 Å². The van der Waals surface area contributed by atoms with E-state index >= 15 is 0 Å². The van der Waals surface area contributed by atoms with Gasteiger partial charge in [-0.15, -0.1) is 0 Å². The lowest BCUT2D eigenvalue weighted by Crippen LogP contribution is -2.66. The molecule has 19 heteroatoms. The van der Waals surface area contributed by atoms with Crippen LogP contribution in [-0.2, 0) is 42.7 Å². The quantitative estimate of drug-likeness (QED) is 0.124. The zero-order valence-corrected chi connectivity index (χ0v) is 21.5. The number of carboxylic acid groups (broad SMARTS) is 1. The first-order chi connectivity index (χ1) is 19.3. The van der Waals surface area contributed by atoms with Crippen molar-refractivity contribution in [3.8, 4) is 0 Å². The molecule has 4 rings (SSSR count). The number of aliphatic hydroxyl groups is 9. The van der Waals surface area contributed by atoms with Crippen LogP contribution in [0.1, 0.15) is 0 Å². The predicted molar refractivity (Wildman–Crippen MR) is 119 cm³/mol. The van der Waals surface area contributed by atoms with Crippen LogP contribution in [0.15, 0.2) is 0 Å². The molecule has 0 saturated carbocycles. The van der Waals surface area contributed by atoms with Crippen molar-refractivity contribution in [1.29, 1.82) is 0 Å². The smallest absolute Gasteiger partial charge is 0.187 e. The summed E-state index contributed by atoms with van der Waals surface area (Å²) in [4.78, 5) is 11.6. The average molecular weight is 604 g/mol. The lowest BCUT2D eigenvalue weighted by atomic mass is 9.98. The summed E-state index contributed by atoms with van der Waals surface area (Å²) in [6.07, 6.45) is -28.8. The molecule has 0 spiro atoms. The van der Waals surface area contributed by atoms with E-state index in [1.165, 1.54) is 0 Å². The van der Waals surface area contributed by atoms with Gasteiger partial charge in [0.2, 0.25) is 0 Å². The van der Waals surface area contributed by atoms with Crippen LogP contribution >= 0.6 is 0 Å². The molecule has 4 saturated heterocycles. The summed E-state index contributed by atoms with van der Waals surface area (Å²) < 4.78 is 42.7. The summed E-state index contributed by atoms with van der Waals surface area (Å²) in [6, 6.07) is 0. The van der Waals surface area contributed by atoms with Crippen molar-refractivity contribution in [2.45, 2.75) is 105 Å². The SMILES string of the molecule is CO[C@H]1[C@H](O)[C@@H](O)[C@@H](O[C@H]2[C@H](O[C@@H]3CO[C@@H](O)[C@H](O)[C@H]3O)OC[C@@H](O[C@@H]3OC[C@@H](O)[C@H](O)[C@H]3O)[C@@H]2O)O[C@@H]1C(=O)[O-]. The van der Waals surface area contributed by atoms with Crippen LogP contribution in [0, 0.1) is 0 Å². The lowest BCUT2D eigenvalue weighted by Gasteiger charge is -2.47. The van der Waals surface area contributed by atoms with Crippen molar-refractivity contribution in [2.24, 2.45) is 0 Å². The number of carbonyl (C=O) groups is 1. The molecule has 4 aliphatic heterocycles. The van der Waals surface area contributed by atoms with Gasteiger partial charge in [-0.05, 0) is 0 Å². The maximum absolute atomic E-state index is 11.6. The summed E-state index contributed by atoms with van der Waals surface area (Å²) in [7, 11) is 1.06. The third-order valence-electron chi connectivity index (χ3n) is 7.28. The average Bonchev–Trinajstić information content (AvgIpc) is 2.94. The predicted octanol–water partition coefficient (Wildman–Crippen LogP) is -8.42. The van der Waals surface area contributed by atoms with Crippen LogP contribution in [0.3, 0.4) is 0 Å². The molecule has 0 amide bonds. The Balaban J connectivity index is 1.54. The Morgan fingerprint density at radius 2 is 1.22 bits per heavy atom. The van der Waals surface area contributed by atoms with Crippen molar-refractivity contribution < 1.29 is 93.8 Å². The zero-order chi connectivity index (χ0) is 30.2. The number of rotatable bonds is 8. The maximum atomic E-state index is 11.6. The first kappa shape index (κ1) is 32.7. The van der Waals surface area contributed by atoms with Crippen molar-refractivity contribution in [3.05, 3.63) is 0 Å². The number of ether oxygens (including phenoxy) is 8. The largest absolute Gasteiger partial charge is 0.547 e. The molecule has 238 valence electrons. The summed E-state index contributed by atoms with van der Waals surface area (Å²) in [5.41, 5.74) is 0. The Labute approximate surface area is 231 Å². The lowest BCUT2D eigenvalue weighted by molar-refractivity contribution is -0.387. The van der Waals surface area contributed by atoms with Gasteiger partial charge in [-0.1, -0.05) is 0 Å². The van der Waals surface area contributed by atoms with Gasteiger partial charge in [0.25, 0.3) is 0 Å². The van der Waals surface area contributed by atoms with Crippen LogP contribution in [0.5, 0.6) is 0 Å². The molecule has 0 aromatic rings. The zero-order valence-electron chi connectivity index (χ0n) is 21.5. The normalized spacial score (nSPS) is 51.3. The molecule has 0 aromatic heterocycles. The monoisotopic (exact) mass is 603 g/mol. The third-order valence-corrected chi connectivity index (χ3v) is 7.28. The number of aliphatic hydroxyl groups excluding tert-OH is 9. The van der Waals surface area contributed by atoms with Gasteiger partial charge in [-0.25, -0.2) is 0 Å². The number of aliphatic carboxylic acids is 1. The third kappa shape index (κ3) is 6.81.